The van der Waals surface area contributed by atoms with E-state index in [-0.39, 0.29) is 36.6 Å². The van der Waals surface area contributed by atoms with Crippen molar-refractivity contribution in [3.05, 3.63) is 28.8 Å². The molecule has 1 unspecified atom stereocenters. The number of alkyl halides is 3. The molecule has 25 heavy (non-hydrogen) atoms. The zero-order valence-electron chi connectivity index (χ0n) is 13.0. The fraction of sp³-hybridized carbons (Fsp3) is 0.429. The van der Waals surface area contributed by atoms with Crippen LogP contribution in [0.1, 0.15) is 5.56 Å². The van der Waals surface area contributed by atoms with Gasteiger partial charge in [0.1, 0.15) is 0 Å². The molecule has 2 rings (SSSR count). The number of benzene rings is 1. The van der Waals surface area contributed by atoms with E-state index in [9.17, 15) is 22.8 Å². The Labute approximate surface area is 158 Å². The number of rotatable bonds is 4. The van der Waals surface area contributed by atoms with Gasteiger partial charge >= 0.3 is 6.18 Å². The van der Waals surface area contributed by atoms with Crippen LogP contribution in [0.3, 0.4) is 0 Å². The van der Waals surface area contributed by atoms with Crippen molar-refractivity contribution >= 4 is 53.3 Å². The second-order valence-corrected chi connectivity index (χ2v) is 6.64. The van der Waals surface area contributed by atoms with Crippen molar-refractivity contribution in [3.8, 4) is 0 Å². The van der Waals surface area contributed by atoms with Crippen molar-refractivity contribution in [2.75, 3.05) is 30.5 Å². The molecule has 2 amide bonds. The van der Waals surface area contributed by atoms with Crippen LogP contribution in [-0.2, 0) is 15.8 Å². The molecule has 0 saturated carbocycles. The lowest BCUT2D eigenvalue weighted by Crippen LogP contribution is -2.45. The SMILES string of the molecule is CN(CC(=O)Nc1ccc(Cl)c(C(F)(F)F)c1)C(=O)C1CSCN1.Cl. The summed E-state index contributed by atoms with van der Waals surface area (Å²) < 4.78 is 38.4. The number of amides is 2. The second kappa shape index (κ2) is 8.98. The fourth-order valence-electron chi connectivity index (χ4n) is 2.13. The molecule has 0 bridgehead atoms. The van der Waals surface area contributed by atoms with E-state index in [1.165, 1.54) is 18.0 Å². The van der Waals surface area contributed by atoms with Crippen molar-refractivity contribution in [2.24, 2.45) is 0 Å². The van der Waals surface area contributed by atoms with Crippen LogP contribution in [0.15, 0.2) is 18.2 Å². The van der Waals surface area contributed by atoms with Crippen LogP contribution in [0, 0.1) is 0 Å². The van der Waals surface area contributed by atoms with Gasteiger partial charge in [-0.15, -0.1) is 24.2 Å². The summed E-state index contributed by atoms with van der Waals surface area (Å²) in [6.07, 6.45) is -4.61. The molecule has 1 saturated heterocycles. The summed E-state index contributed by atoms with van der Waals surface area (Å²) in [5, 5.41) is 4.89. The second-order valence-electron chi connectivity index (χ2n) is 5.21. The van der Waals surface area contributed by atoms with Crippen molar-refractivity contribution in [2.45, 2.75) is 12.2 Å². The van der Waals surface area contributed by atoms with Crippen molar-refractivity contribution in [1.29, 1.82) is 0 Å². The van der Waals surface area contributed by atoms with Crippen LogP contribution in [-0.4, -0.2) is 48.0 Å². The minimum atomic E-state index is -4.61. The Morgan fingerprint density at radius 3 is 2.68 bits per heavy atom. The smallest absolute Gasteiger partial charge is 0.335 e. The summed E-state index contributed by atoms with van der Waals surface area (Å²) in [4.78, 5) is 25.2. The Morgan fingerprint density at radius 2 is 2.12 bits per heavy atom. The van der Waals surface area contributed by atoms with Gasteiger partial charge in [-0.25, -0.2) is 0 Å². The largest absolute Gasteiger partial charge is 0.417 e. The average molecular weight is 418 g/mol. The summed E-state index contributed by atoms with van der Waals surface area (Å²) >= 11 is 7.10. The zero-order valence-corrected chi connectivity index (χ0v) is 15.4. The van der Waals surface area contributed by atoms with E-state index in [4.69, 9.17) is 11.6 Å². The number of halogens is 5. The summed E-state index contributed by atoms with van der Waals surface area (Å²) in [7, 11) is 1.47. The first-order valence-corrected chi connectivity index (χ1v) is 8.44. The highest BCUT2D eigenvalue weighted by Crippen LogP contribution is 2.36. The van der Waals surface area contributed by atoms with Crippen LogP contribution < -0.4 is 10.6 Å². The lowest BCUT2D eigenvalue weighted by Gasteiger charge is -2.20. The third-order valence-corrected chi connectivity index (χ3v) is 4.60. The fourth-order valence-corrected chi connectivity index (χ4v) is 3.29. The van der Waals surface area contributed by atoms with Gasteiger partial charge in [0.2, 0.25) is 11.8 Å². The summed E-state index contributed by atoms with van der Waals surface area (Å²) in [5.74, 6) is 0.465. The molecular weight excluding hydrogens is 402 g/mol. The van der Waals surface area contributed by atoms with Crippen LogP contribution >= 0.6 is 35.8 Å². The maximum Gasteiger partial charge on any atom is 0.417 e. The lowest BCUT2D eigenvalue weighted by molar-refractivity contribution is -0.137. The van der Waals surface area contributed by atoms with E-state index in [1.807, 2.05) is 0 Å². The molecular formula is C14H16Cl2F3N3O2S. The molecule has 2 N–H and O–H groups in total. The Hall–Kier alpha value is -1.16. The molecule has 0 radical (unpaired) electrons. The molecule has 1 aliphatic heterocycles. The van der Waals surface area contributed by atoms with Gasteiger partial charge in [-0.05, 0) is 18.2 Å². The molecule has 0 aromatic heterocycles. The minimum absolute atomic E-state index is 0. The van der Waals surface area contributed by atoms with E-state index in [0.717, 1.165) is 12.1 Å². The Bertz CT molecular complexity index is 640. The molecule has 1 aromatic carbocycles. The van der Waals surface area contributed by atoms with Crippen LogP contribution in [0.25, 0.3) is 0 Å². The van der Waals surface area contributed by atoms with Crippen molar-refractivity contribution in [1.82, 2.24) is 10.2 Å². The zero-order chi connectivity index (χ0) is 17.9. The highest BCUT2D eigenvalue weighted by molar-refractivity contribution is 7.99. The number of nitrogens with zero attached hydrogens (tertiary/aromatic N) is 1. The van der Waals surface area contributed by atoms with Gasteiger partial charge in [0, 0.05) is 24.4 Å². The summed E-state index contributed by atoms with van der Waals surface area (Å²) in [6, 6.07) is 2.75. The normalized spacial score (nSPS) is 16.9. The number of thioether (sulfide) groups is 1. The number of likely N-dealkylation sites (N-methyl/N-ethyl adjacent to an activating group) is 1. The van der Waals surface area contributed by atoms with Gasteiger partial charge in [-0.1, -0.05) is 11.6 Å². The first kappa shape index (κ1) is 21.9. The molecule has 1 aromatic rings. The predicted molar refractivity (Wildman–Crippen MR) is 94.2 cm³/mol. The highest BCUT2D eigenvalue weighted by atomic mass is 35.5. The van der Waals surface area contributed by atoms with Gasteiger partial charge in [-0.2, -0.15) is 13.2 Å². The predicted octanol–water partition coefficient (Wildman–Crippen LogP) is 2.84. The van der Waals surface area contributed by atoms with Gasteiger partial charge in [-0.3, -0.25) is 14.9 Å². The van der Waals surface area contributed by atoms with Gasteiger partial charge in [0.05, 0.1) is 23.2 Å². The van der Waals surface area contributed by atoms with E-state index >= 15 is 0 Å². The van der Waals surface area contributed by atoms with Gasteiger partial charge in [0.25, 0.3) is 0 Å². The summed E-state index contributed by atoms with van der Waals surface area (Å²) in [5.41, 5.74) is -1.06. The van der Waals surface area contributed by atoms with E-state index in [1.54, 1.807) is 11.8 Å². The molecule has 1 aliphatic rings. The maximum absolute atomic E-state index is 12.8. The molecule has 140 valence electrons. The Balaban J connectivity index is 0.00000312. The minimum Gasteiger partial charge on any atom is -0.335 e. The van der Waals surface area contributed by atoms with Crippen LogP contribution in [0.5, 0.6) is 0 Å². The van der Waals surface area contributed by atoms with Gasteiger partial charge < -0.3 is 10.2 Å². The molecule has 0 aliphatic carbocycles. The molecule has 1 atom stereocenters. The summed E-state index contributed by atoms with van der Waals surface area (Å²) in [6.45, 7) is -0.258. The first-order chi connectivity index (χ1) is 11.2. The molecule has 1 heterocycles. The van der Waals surface area contributed by atoms with E-state index in [2.05, 4.69) is 10.6 Å². The van der Waals surface area contributed by atoms with Crippen molar-refractivity contribution < 1.29 is 22.8 Å². The quantitative estimate of drug-likeness (QED) is 0.790. The number of hydrogen-bond acceptors (Lipinski definition) is 4. The van der Waals surface area contributed by atoms with Crippen LogP contribution in [0.4, 0.5) is 18.9 Å². The maximum atomic E-state index is 12.8. The molecule has 11 heteroatoms. The standard InChI is InChI=1S/C14H15ClF3N3O2S.ClH/c1-21(13(23)11-6-24-7-19-11)5-12(22)20-8-2-3-10(15)9(4-8)14(16,17)18;/h2-4,11,19H,5-7H2,1H3,(H,20,22);1H. The van der Waals surface area contributed by atoms with E-state index < -0.39 is 22.7 Å². The van der Waals surface area contributed by atoms with Crippen LogP contribution in [0.2, 0.25) is 5.02 Å². The molecule has 0 spiro atoms. The first-order valence-electron chi connectivity index (χ1n) is 6.91. The number of hydrogen-bond donors (Lipinski definition) is 2. The Morgan fingerprint density at radius 1 is 1.44 bits per heavy atom. The third-order valence-electron chi connectivity index (χ3n) is 3.33. The number of carbonyl (C=O) groups excluding carboxylic acids is 2. The monoisotopic (exact) mass is 417 g/mol. The average Bonchev–Trinajstić information content (AvgIpc) is 3.01. The topological polar surface area (TPSA) is 61.4 Å². The molecule has 5 nitrogen and oxygen atoms in total. The number of nitrogens with one attached hydrogen (secondary N) is 2. The van der Waals surface area contributed by atoms with E-state index in [0.29, 0.717) is 11.6 Å². The Kier molecular flexibility index (Phi) is 7.86. The number of anilines is 1. The third kappa shape index (κ3) is 5.95. The van der Waals surface area contributed by atoms with Gasteiger partial charge in [0.15, 0.2) is 0 Å². The number of carbonyl (C=O) groups is 2. The lowest BCUT2D eigenvalue weighted by atomic mass is 10.2. The van der Waals surface area contributed by atoms with Crippen molar-refractivity contribution in [3.63, 3.8) is 0 Å². The highest BCUT2D eigenvalue weighted by Gasteiger charge is 2.33. The molecule has 1 fully saturated rings.